The summed E-state index contributed by atoms with van der Waals surface area (Å²) < 4.78 is 5.78. The fourth-order valence-corrected chi connectivity index (χ4v) is 2.16. The van der Waals surface area contributed by atoms with Gasteiger partial charge in [-0.15, -0.1) is 0 Å². The Morgan fingerprint density at radius 1 is 1.17 bits per heavy atom. The van der Waals surface area contributed by atoms with Crippen LogP contribution in [0.25, 0.3) is 0 Å². The van der Waals surface area contributed by atoms with Crippen molar-refractivity contribution >= 4 is 0 Å². The van der Waals surface area contributed by atoms with Gasteiger partial charge in [0.1, 0.15) is 23.7 Å². The van der Waals surface area contributed by atoms with Crippen molar-refractivity contribution in [2.75, 3.05) is 0 Å². The van der Waals surface area contributed by atoms with E-state index in [1.807, 2.05) is 12.1 Å². The third kappa shape index (κ3) is 1.91. The predicted octanol–water partition coefficient (Wildman–Crippen LogP) is 1.82. The summed E-state index contributed by atoms with van der Waals surface area (Å²) in [6, 6.07) is 10.3. The lowest BCUT2D eigenvalue weighted by Crippen LogP contribution is -2.30. The second-order valence-electron chi connectivity index (χ2n) is 4.35. The number of rotatable bonds is 1. The summed E-state index contributed by atoms with van der Waals surface area (Å²) >= 11 is 0. The first-order valence-electron chi connectivity index (χ1n) is 5.81. The van der Waals surface area contributed by atoms with E-state index in [4.69, 9.17) is 4.74 Å². The van der Waals surface area contributed by atoms with Crippen LogP contribution in [0, 0.1) is 0 Å². The highest BCUT2D eigenvalue weighted by atomic mass is 16.5. The largest absolute Gasteiger partial charge is 0.508 e. The van der Waals surface area contributed by atoms with Gasteiger partial charge in [-0.3, -0.25) is 4.98 Å². The molecule has 0 spiro atoms. The minimum atomic E-state index is -0.628. The summed E-state index contributed by atoms with van der Waals surface area (Å²) in [6.45, 7) is 0. The van der Waals surface area contributed by atoms with Gasteiger partial charge in [0.05, 0.1) is 5.69 Å². The number of fused-ring (bicyclic) bond motifs is 1. The van der Waals surface area contributed by atoms with Crippen molar-refractivity contribution in [1.82, 2.24) is 4.98 Å². The van der Waals surface area contributed by atoms with Crippen LogP contribution in [0.15, 0.2) is 42.6 Å². The van der Waals surface area contributed by atoms with E-state index in [9.17, 15) is 10.2 Å². The highest BCUT2D eigenvalue weighted by Gasteiger charge is 2.30. The molecule has 1 aliphatic heterocycles. The summed E-state index contributed by atoms with van der Waals surface area (Å²) in [7, 11) is 0. The molecule has 0 aliphatic carbocycles. The molecule has 0 saturated heterocycles. The van der Waals surface area contributed by atoms with Crippen LogP contribution in [-0.4, -0.2) is 21.3 Å². The maximum absolute atomic E-state index is 10.1. The van der Waals surface area contributed by atoms with Crippen LogP contribution in [0.3, 0.4) is 0 Å². The molecule has 0 radical (unpaired) electrons. The standard InChI is InChI=1S/C14H13NO3/c16-10-5-3-9(4-6-10)14-12(17)8-11-13(18-14)2-1-7-15-11/h1-7,12,14,16-17H,8H2/t12-,14+/m0/s1. The van der Waals surface area contributed by atoms with Crippen molar-refractivity contribution in [2.45, 2.75) is 18.6 Å². The first-order chi connectivity index (χ1) is 8.74. The number of hydrogen-bond donors (Lipinski definition) is 2. The average Bonchev–Trinajstić information content (AvgIpc) is 2.39. The van der Waals surface area contributed by atoms with Gasteiger partial charge in [-0.2, -0.15) is 0 Å². The van der Waals surface area contributed by atoms with E-state index in [-0.39, 0.29) is 5.75 Å². The Morgan fingerprint density at radius 3 is 2.72 bits per heavy atom. The molecule has 0 bridgehead atoms. The van der Waals surface area contributed by atoms with Gasteiger partial charge in [0.25, 0.3) is 0 Å². The Bertz CT molecular complexity index is 553. The second-order valence-corrected chi connectivity index (χ2v) is 4.35. The molecule has 1 aromatic heterocycles. The molecule has 4 nitrogen and oxygen atoms in total. The van der Waals surface area contributed by atoms with E-state index >= 15 is 0 Å². The SMILES string of the molecule is Oc1ccc([C@H]2Oc3cccnc3C[C@@H]2O)cc1. The second kappa shape index (κ2) is 4.31. The van der Waals surface area contributed by atoms with E-state index < -0.39 is 12.2 Å². The minimum absolute atomic E-state index is 0.200. The lowest BCUT2D eigenvalue weighted by molar-refractivity contribution is 0.0192. The molecule has 1 aromatic carbocycles. The first kappa shape index (κ1) is 11.0. The number of aromatic hydroxyl groups is 1. The predicted molar refractivity (Wildman–Crippen MR) is 65.4 cm³/mol. The van der Waals surface area contributed by atoms with Crippen molar-refractivity contribution in [3.63, 3.8) is 0 Å². The lowest BCUT2D eigenvalue weighted by atomic mass is 9.97. The fourth-order valence-electron chi connectivity index (χ4n) is 2.16. The summed E-state index contributed by atoms with van der Waals surface area (Å²) in [5, 5.41) is 19.4. The monoisotopic (exact) mass is 243 g/mol. The van der Waals surface area contributed by atoms with Crippen LogP contribution in [0.4, 0.5) is 0 Å². The number of pyridine rings is 1. The number of benzene rings is 1. The summed E-state index contributed by atoms with van der Waals surface area (Å²) in [5.41, 5.74) is 1.62. The lowest BCUT2D eigenvalue weighted by Gasteiger charge is -2.30. The molecule has 2 heterocycles. The Labute approximate surface area is 104 Å². The van der Waals surface area contributed by atoms with Crippen LogP contribution in [0.1, 0.15) is 17.4 Å². The molecule has 2 N–H and O–H groups in total. The summed E-state index contributed by atoms with van der Waals surface area (Å²) in [5.74, 6) is 0.909. The number of phenols is 1. The smallest absolute Gasteiger partial charge is 0.150 e. The number of ether oxygens (including phenoxy) is 1. The zero-order valence-electron chi connectivity index (χ0n) is 9.65. The Kier molecular flexibility index (Phi) is 2.64. The van der Waals surface area contributed by atoms with Crippen LogP contribution in [-0.2, 0) is 6.42 Å². The maximum Gasteiger partial charge on any atom is 0.150 e. The minimum Gasteiger partial charge on any atom is -0.508 e. The van der Waals surface area contributed by atoms with Gasteiger partial charge >= 0.3 is 0 Å². The fraction of sp³-hybridized carbons (Fsp3) is 0.214. The number of aliphatic hydroxyl groups is 1. The van der Waals surface area contributed by atoms with Gasteiger partial charge < -0.3 is 14.9 Å². The quantitative estimate of drug-likeness (QED) is 0.802. The van der Waals surface area contributed by atoms with Crippen molar-refractivity contribution in [1.29, 1.82) is 0 Å². The van der Waals surface area contributed by atoms with Crippen molar-refractivity contribution in [3.8, 4) is 11.5 Å². The third-order valence-electron chi connectivity index (χ3n) is 3.08. The molecule has 2 atom stereocenters. The molecule has 0 fully saturated rings. The Morgan fingerprint density at radius 2 is 1.94 bits per heavy atom. The van der Waals surface area contributed by atoms with E-state index in [0.29, 0.717) is 12.2 Å². The van der Waals surface area contributed by atoms with E-state index in [2.05, 4.69) is 4.98 Å². The van der Waals surface area contributed by atoms with E-state index in [1.165, 1.54) is 0 Å². The van der Waals surface area contributed by atoms with Gasteiger partial charge in [0, 0.05) is 12.6 Å². The summed E-state index contributed by atoms with van der Waals surface area (Å²) in [6.07, 6.45) is 1.12. The normalized spacial score (nSPS) is 22.1. The highest BCUT2D eigenvalue weighted by Crippen LogP contribution is 2.34. The van der Waals surface area contributed by atoms with Gasteiger partial charge in [0.15, 0.2) is 0 Å². The zero-order chi connectivity index (χ0) is 12.5. The van der Waals surface area contributed by atoms with Crippen LogP contribution >= 0.6 is 0 Å². The Hall–Kier alpha value is -2.07. The van der Waals surface area contributed by atoms with Gasteiger partial charge in [-0.1, -0.05) is 12.1 Å². The molecule has 2 aromatic rings. The average molecular weight is 243 g/mol. The molecule has 3 rings (SSSR count). The van der Waals surface area contributed by atoms with Crippen LogP contribution in [0.5, 0.6) is 11.5 Å². The number of aromatic nitrogens is 1. The molecule has 0 unspecified atom stereocenters. The van der Waals surface area contributed by atoms with Gasteiger partial charge in [-0.25, -0.2) is 0 Å². The molecule has 1 aliphatic rings. The molecule has 0 saturated carbocycles. The van der Waals surface area contributed by atoms with Crippen molar-refractivity contribution in [2.24, 2.45) is 0 Å². The molecule has 18 heavy (non-hydrogen) atoms. The van der Waals surface area contributed by atoms with Gasteiger partial charge in [-0.05, 0) is 29.8 Å². The summed E-state index contributed by atoms with van der Waals surface area (Å²) in [4.78, 5) is 4.19. The molecule has 4 heteroatoms. The van der Waals surface area contributed by atoms with Crippen LogP contribution in [0.2, 0.25) is 0 Å². The van der Waals surface area contributed by atoms with Gasteiger partial charge in [0.2, 0.25) is 0 Å². The number of aliphatic hydroxyl groups excluding tert-OH is 1. The Balaban J connectivity index is 1.93. The molecule has 0 amide bonds. The van der Waals surface area contributed by atoms with E-state index in [1.54, 1.807) is 30.5 Å². The maximum atomic E-state index is 10.1. The van der Waals surface area contributed by atoms with Crippen LogP contribution < -0.4 is 4.74 Å². The van der Waals surface area contributed by atoms with Crippen molar-refractivity contribution < 1.29 is 14.9 Å². The topological polar surface area (TPSA) is 62.6 Å². The third-order valence-corrected chi connectivity index (χ3v) is 3.08. The first-order valence-corrected chi connectivity index (χ1v) is 5.81. The number of nitrogens with zero attached hydrogens (tertiary/aromatic N) is 1. The number of hydrogen-bond acceptors (Lipinski definition) is 4. The molecular formula is C14H13NO3. The molecular weight excluding hydrogens is 230 g/mol. The van der Waals surface area contributed by atoms with E-state index in [0.717, 1.165) is 11.3 Å². The molecule has 92 valence electrons. The van der Waals surface area contributed by atoms with Crippen molar-refractivity contribution in [3.05, 3.63) is 53.9 Å². The highest BCUT2D eigenvalue weighted by molar-refractivity contribution is 5.34. The zero-order valence-corrected chi connectivity index (χ0v) is 9.65. The number of phenolic OH excluding ortho intramolecular Hbond substituents is 1.